The quantitative estimate of drug-likeness (QED) is 0.879. The average Bonchev–Trinajstić information content (AvgIpc) is 2.75. The van der Waals surface area contributed by atoms with Gasteiger partial charge in [0.25, 0.3) is 0 Å². The second-order valence-corrected chi connectivity index (χ2v) is 6.32. The number of rotatable bonds is 5. The van der Waals surface area contributed by atoms with E-state index >= 15 is 0 Å². The molecule has 0 fully saturated rings. The molecule has 1 heterocycles. The number of hydrogen-bond donors (Lipinski definition) is 1. The van der Waals surface area contributed by atoms with Crippen molar-refractivity contribution in [3.05, 3.63) is 36.4 Å². The van der Waals surface area contributed by atoms with E-state index in [-0.39, 0.29) is 0 Å². The SMILES string of the molecule is Cn1cnc(CCNc2ccc(S(C)(=O)=O)cc2)n1. The summed E-state index contributed by atoms with van der Waals surface area (Å²) in [7, 11) is -1.30. The summed E-state index contributed by atoms with van der Waals surface area (Å²) in [4.78, 5) is 4.45. The van der Waals surface area contributed by atoms with Gasteiger partial charge >= 0.3 is 0 Å². The van der Waals surface area contributed by atoms with Crippen molar-refractivity contribution in [1.29, 1.82) is 0 Å². The first-order valence-electron chi connectivity index (χ1n) is 5.84. The highest BCUT2D eigenvalue weighted by Gasteiger charge is 2.05. The van der Waals surface area contributed by atoms with Crippen molar-refractivity contribution in [3.63, 3.8) is 0 Å². The zero-order valence-corrected chi connectivity index (χ0v) is 11.7. The van der Waals surface area contributed by atoms with Gasteiger partial charge < -0.3 is 5.32 Å². The van der Waals surface area contributed by atoms with Crippen LogP contribution < -0.4 is 5.32 Å². The number of nitrogens with one attached hydrogen (secondary N) is 1. The molecule has 0 aliphatic heterocycles. The molecule has 1 aromatic heterocycles. The van der Waals surface area contributed by atoms with Crippen LogP contribution in [0.1, 0.15) is 5.82 Å². The zero-order valence-electron chi connectivity index (χ0n) is 10.9. The van der Waals surface area contributed by atoms with E-state index in [9.17, 15) is 8.42 Å². The molecule has 0 amide bonds. The number of hydrogen-bond acceptors (Lipinski definition) is 5. The van der Waals surface area contributed by atoms with Crippen LogP contribution in [-0.4, -0.2) is 36.0 Å². The Morgan fingerprint density at radius 2 is 1.95 bits per heavy atom. The molecule has 6 nitrogen and oxygen atoms in total. The highest BCUT2D eigenvalue weighted by atomic mass is 32.2. The minimum absolute atomic E-state index is 0.324. The van der Waals surface area contributed by atoms with E-state index < -0.39 is 9.84 Å². The first-order chi connectivity index (χ1) is 8.95. The van der Waals surface area contributed by atoms with Crippen LogP contribution in [0.15, 0.2) is 35.5 Å². The number of benzene rings is 1. The normalized spacial score (nSPS) is 11.5. The minimum atomic E-state index is -3.13. The maximum atomic E-state index is 11.3. The molecule has 102 valence electrons. The summed E-state index contributed by atoms with van der Waals surface area (Å²) < 4.78 is 24.3. The van der Waals surface area contributed by atoms with Crippen molar-refractivity contribution in [3.8, 4) is 0 Å². The highest BCUT2D eigenvalue weighted by Crippen LogP contribution is 2.13. The third-order valence-electron chi connectivity index (χ3n) is 2.61. The first kappa shape index (κ1) is 13.5. The second-order valence-electron chi connectivity index (χ2n) is 4.31. The summed E-state index contributed by atoms with van der Waals surface area (Å²) in [6.07, 6.45) is 3.58. The molecule has 0 aliphatic rings. The smallest absolute Gasteiger partial charge is 0.175 e. The molecule has 0 atom stereocenters. The lowest BCUT2D eigenvalue weighted by molar-refractivity contribution is 0.602. The van der Waals surface area contributed by atoms with Gasteiger partial charge in [-0.3, -0.25) is 4.68 Å². The standard InChI is InChI=1S/C12H16N4O2S/c1-16-9-14-12(15-16)7-8-13-10-3-5-11(6-4-10)19(2,17)18/h3-6,9,13H,7-8H2,1-2H3. The Labute approximate surface area is 112 Å². The fraction of sp³-hybridized carbons (Fsp3) is 0.333. The maximum absolute atomic E-state index is 11.3. The van der Waals surface area contributed by atoms with Gasteiger partial charge in [-0.05, 0) is 24.3 Å². The fourth-order valence-electron chi connectivity index (χ4n) is 1.64. The van der Waals surface area contributed by atoms with Crippen LogP contribution in [0.2, 0.25) is 0 Å². The van der Waals surface area contributed by atoms with E-state index in [0.717, 1.165) is 11.5 Å². The monoisotopic (exact) mass is 280 g/mol. The molecule has 7 heteroatoms. The summed E-state index contributed by atoms with van der Waals surface area (Å²) in [5.74, 6) is 0.780. The van der Waals surface area contributed by atoms with Crippen molar-refractivity contribution in [1.82, 2.24) is 14.8 Å². The molecular weight excluding hydrogens is 264 g/mol. The van der Waals surface area contributed by atoms with Gasteiger partial charge in [0, 0.05) is 32.0 Å². The van der Waals surface area contributed by atoms with Crippen LogP contribution in [0.3, 0.4) is 0 Å². The summed E-state index contributed by atoms with van der Waals surface area (Å²) >= 11 is 0. The Kier molecular flexibility index (Phi) is 3.84. The largest absolute Gasteiger partial charge is 0.385 e. The molecule has 1 N–H and O–H groups in total. The van der Waals surface area contributed by atoms with Crippen molar-refractivity contribution < 1.29 is 8.42 Å². The predicted molar refractivity (Wildman–Crippen MR) is 72.7 cm³/mol. The van der Waals surface area contributed by atoms with E-state index in [1.54, 1.807) is 35.3 Å². The molecule has 19 heavy (non-hydrogen) atoms. The Morgan fingerprint density at radius 1 is 1.26 bits per heavy atom. The van der Waals surface area contributed by atoms with E-state index in [2.05, 4.69) is 15.4 Å². The van der Waals surface area contributed by atoms with Gasteiger partial charge in [0.15, 0.2) is 15.7 Å². The van der Waals surface area contributed by atoms with Crippen molar-refractivity contribution in [2.75, 3.05) is 18.1 Å². The van der Waals surface area contributed by atoms with Crippen molar-refractivity contribution in [2.24, 2.45) is 7.05 Å². The molecule has 0 unspecified atom stereocenters. The van der Waals surface area contributed by atoms with E-state index in [0.29, 0.717) is 17.9 Å². The molecule has 0 spiro atoms. The topological polar surface area (TPSA) is 76.9 Å². The van der Waals surface area contributed by atoms with Crippen LogP contribution in [0.4, 0.5) is 5.69 Å². The lowest BCUT2D eigenvalue weighted by atomic mass is 10.3. The number of sulfone groups is 1. The van der Waals surface area contributed by atoms with Gasteiger partial charge in [0.1, 0.15) is 6.33 Å². The van der Waals surface area contributed by atoms with Gasteiger partial charge in [-0.15, -0.1) is 0 Å². The van der Waals surface area contributed by atoms with Crippen molar-refractivity contribution in [2.45, 2.75) is 11.3 Å². The third-order valence-corrected chi connectivity index (χ3v) is 3.74. The third kappa shape index (κ3) is 3.78. The van der Waals surface area contributed by atoms with Crippen LogP contribution in [0, 0.1) is 0 Å². The lowest BCUT2D eigenvalue weighted by Gasteiger charge is -2.05. The first-order valence-corrected chi connectivity index (χ1v) is 7.73. The lowest BCUT2D eigenvalue weighted by Crippen LogP contribution is -2.06. The second kappa shape index (κ2) is 5.40. The molecule has 0 saturated carbocycles. The van der Waals surface area contributed by atoms with E-state index in [4.69, 9.17) is 0 Å². The van der Waals surface area contributed by atoms with Gasteiger partial charge in [-0.2, -0.15) is 5.10 Å². The average molecular weight is 280 g/mol. The molecule has 0 radical (unpaired) electrons. The number of nitrogens with zero attached hydrogens (tertiary/aromatic N) is 3. The van der Waals surface area contributed by atoms with E-state index in [1.807, 2.05) is 7.05 Å². The Morgan fingerprint density at radius 3 is 2.47 bits per heavy atom. The minimum Gasteiger partial charge on any atom is -0.385 e. The molecule has 2 rings (SSSR count). The van der Waals surface area contributed by atoms with Crippen LogP contribution >= 0.6 is 0 Å². The molecule has 0 saturated heterocycles. The Hall–Kier alpha value is -1.89. The Balaban J connectivity index is 1.90. The molecule has 2 aromatic rings. The predicted octanol–water partition coefficient (Wildman–Crippen LogP) is 0.873. The number of aromatic nitrogens is 3. The maximum Gasteiger partial charge on any atom is 0.175 e. The molecule has 1 aromatic carbocycles. The van der Waals surface area contributed by atoms with E-state index in [1.165, 1.54) is 6.26 Å². The summed E-state index contributed by atoms with van der Waals surface area (Å²) in [5, 5.41) is 7.37. The van der Waals surface area contributed by atoms with Crippen LogP contribution in [-0.2, 0) is 23.3 Å². The van der Waals surface area contributed by atoms with Crippen molar-refractivity contribution >= 4 is 15.5 Å². The van der Waals surface area contributed by atoms with Gasteiger partial charge in [0.2, 0.25) is 0 Å². The van der Waals surface area contributed by atoms with Gasteiger partial charge in [-0.25, -0.2) is 13.4 Å². The molecule has 0 aliphatic carbocycles. The van der Waals surface area contributed by atoms with Gasteiger partial charge in [0.05, 0.1) is 4.90 Å². The Bertz CT molecular complexity index is 647. The summed E-state index contributed by atoms with van der Waals surface area (Å²) in [6.45, 7) is 0.697. The fourth-order valence-corrected chi connectivity index (χ4v) is 2.27. The van der Waals surface area contributed by atoms with Crippen LogP contribution in [0.5, 0.6) is 0 Å². The molecular formula is C12H16N4O2S. The summed E-state index contributed by atoms with van der Waals surface area (Å²) in [6, 6.07) is 6.69. The van der Waals surface area contributed by atoms with Gasteiger partial charge in [-0.1, -0.05) is 0 Å². The number of aryl methyl sites for hydroxylation is 1. The van der Waals surface area contributed by atoms with Crippen LogP contribution in [0.25, 0.3) is 0 Å². The highest BCUT2D eigenvalue weighted by molar-refractivity contribution is 7.90. The summed E-state index contributed by atoms with van der Waals surface area (Å²) in [5.41, 5.74) is 0.878. The molecule has 0 bridgehead atoms. The number of anilines is 1. The zero-order chi connectivity index (χ0) is 13.9.